The van der Waals surface area contributed by atoms with Gasteiger partial charge in [-0.3, -0.25) is 0 Å². The Kier molecular flexibility index (Phi) is 5.89. The van der Waals surface area contributed by atoms with E-state index in [1.807, 2.05) is 20.8 Å². The summed E-state index contributed by atoms with van der Waals surface area (Å²) < 4.78 is 40.6. The molecular weight excluding hydrogens is 301 g/mol. The second kappa shape index (κ2) is 6.81. The third-order valence-electron chi connectivity index (χ3n) is 4.11. The van der Waals surface area contributed by atoms with Crippen molar-refractivity contribution in [1.82, 2.24) is 0 Å². The van der Waals surface area contributed by atoms with Gasteiger partial charge in [0.2, 0.25) is 0 Å². The van der Waals surface area contributed by atoms with Gasteiger partial charge in [-0.15, -0.1) is 0 Å². The molecule has 1 aromatic rings. The van der Waals surface area contributed by atoms with Crippen molar-refractivity contribution in [2.24, 2.45) is 0 Å². The molecule has 0 bridgehead atoms. The van der Waals surface area contributed by atoms with Gasteiger partial charge in [-0.2, -0.15) is 13.2 Å². The first-order valence-electron chi connectivity index (χ1n) is 6.84. The average molecular weight is 321 g/mol. The minimum absolute atomic E-state index is 0.342. The van der Waals surface area contributed by atoms with E-state index in [4.69, 9.17) is 11.6 Å². The summed E-state index contributed by atoms with van der Waals surface area (Å²) in [5.41, 5.74) is 0.453. The van der Waals surface area contributed by atoms with E-state index in [0.29, 0.717) is 28.7 Å². The molecule has 0 saturated carbocycles. The zero-order valence-corrected chi connectivity index (χ0v) is 13.8. The summed E-state index contributed by atoms with van der Waals surface area (Å²) >= 11 is 6.00. The highest BCUT2D eigenvalue weighted by Gasteiger charge is 2.46. The number of hydrogen-bond acceptors (Lipinski definition) is 0. The lowest BCUT2D eigenvalue weighted by Crippen LogP contribution is -2.41. The fourth-order valence-corrected chi connectivity index (χ4v) is 6.50. The molecule has 0 aliphatic rings. The highest BCUT2D eigenvalue weighted by molar-refractivity contribution is 6.87. The van der Waals surface area contributed by atoms with Gasteiger partial charge in [-0.05, 0) is 17.7 Å². The topological polar surface area (TPSA) is 0 Å². The van der Waals surface area contributed by atoms with Crippen molar-refractivity contribution in [1.29, 1.82) is 0 Å². The van der Waals surface area contributed by atoms with Crippen LogP contribution in [0.1, 0.15) is 26.3 Å². The maximum atomic E-state index is 13.5. The lowest BCUT2D eigenvalue weighted by atomic mass is 10.2. The van der Waals surface area contributed by atoms with Gasteiger partial charge in [-0.25, -0.2) is 0 Å². The molecule has 0 amide bonds. The number of allylic oxidation sites excluding steroid dienone is 1. The van der Waals surface area contributed by atoms with Crippen molar-refractivity contribution in [2.75, 3.05) is 0 Å². The van der Waals surface area contributed by atoms with Crippen LogP contribution >= 0.6 is 11.6 Å². The van der Waals surface area contributed by atoms with Gasteiger partial charge >= 0.3 is 6.18 Å². The predicted molar refractivity (Wildman–Crippen MR) is 82.7 cm³/mol. The molecule has 0 aliphatic heterocycles. The van der Waals surface area contributed by atoms with Gasteiger partial charge in [0.1, 0.15) is 0 Å². The zero-order chi connectivity index (χ0) is 15.4. The van der Waals surface area contributed by atoms with E-state index in [2.05, 4.69) is 0 Å². The van der Waals surface area contributed by atoms with Crippen molar-refractivity contribution >= 4 is 25.8 Å². The second-order valence-electron chi connectivity index (χ2n) is 4.92. The van der Waals surface area contributed by atoms with Crippen LogP contribution in [0.15, 0.2) is 29.5 Å². The van der Waals surface area contributed by atoms with Crippen LogP contribution in [0.3, 0.4) is 0 Å². The summed E-state index contributed by atoms with van der Waals surface area (Å²) in [6.07, 6.45) is -3.02. The summed E-state index contributed by atoms with van der Waals surface area (Å²) in [5.74, 6) is 0. The Morgan fingerprint density at radius 1 is 1.10 bits per heavy atom. The van der Waals surface area contributed by atoms with Gasteiger partial charge in [0.05, 0.1) is 8.07 Å². The molecule has 0 nitrogen and oxygen atoms in total. The van der Waals surface area contributed by atoms with Crippen LogP contribution in [0.4, 0.5) is 13.2 Å². The van der Waals surface area contributed by atoms with Crippen LogP contribution in [-0.2, 0) is 0 Å². The molecule has 0 radical (unpaired) electrons. The first-order chi connectivity index (χ1) is 9.30. The summed E-state index contributed by atoms with van der Waals surface area (Å²) in [5, 5.41) is 0.0195. The van der Waals surface area contributed by atoms with E-state index in [1.54, 1.807) is 24.3 Å². The van der Waals surface area contributed by atoms with Gasteiger partial charge in [0.15, 0.2) is 0 Å². The molecule has 0 spiro atoms. The molecular formula is C15H20ClF3Si. The molecule has 0 atom stereocenters. The molecule has 0 saturated heterocycles. The van der Waals surface area contributed by atoms with E-state index < -0.39 is 14.3 Å². The Morgan fingerprint density at radius 3 is 2.00 bits per heavy atom. The predicted octanol–water partition coefficient (Wildman–Crippen LogP) is 6.33. The molecule has 1 rings (SSSR count). The second-order valence-corrected chi connectivity index (χ2v) is 10.5. The molecule has 112 valence electrons. The van der Waals surface area contributed by atoms with E-state index in [1.165, 1.54) is 6.08 Å². The molecule has 0 aliphatic carbocycles. The number of rotatable bonds is 5. The summed E-state index contributed by atoms with van der Waals surface area (Å²) in [6.45, 7) is 5.60. The lowest BCUT2D eigenvalue weighted by molar-refractivity contribution is -0.0850. The normalized spacial score (nSPS) is 13.7. The quantitative estimate of drug-likeness (QED) is 0.556. The van der Waals surface area contributed by atoms with Crippen molar-refractivity contribution in [2.45, 2.75) is 45.1 Å². The largest absolute Gasteiger partial charge is 0.409 e. The average Bonchev–Trinajstić information content (AvgIpc) is 2.41. The summed E-state index contributed by atoms with van der Waals surface area (Å²) in [6, 6.07) is 8.46. The highest BCUT2D eigenvalue weighted by atomic mass is 35.5. The van der Waals surface area contributed by atoms with Crippen LogP contribution in [0.2, 0.25) is 23.2 Å². The minimum atomic E-state index is -4.28. The smallest absolute Gasteiger partial charge is 0.167 e. The minimum Gasteiger partial charge on any atom is -0.167 e. The molecule has 0 N–H and O–H groups in total. The molecule has 5 heteroatoms. The number of hydrogen-bond donors (Lipinski definition) is 0. The Balaban J connectivity index is 3.45. The molecule has 0 fully saturated rings. The Bertz CT molecular complexity index is 468. The Morgan fingerprint density at radius 2 is 1.60 bits per heavy atom. The SMILES string of the molecule is CC[Si](CC)(CC)/C(=C/c1ccccc1Cl)C(F)(F)F. The lowest BCUT2D eigenvalue weighted by Gasteiger charge is -2.32. The summed E-state index contributed by atoms with van der Waals surface area (Å²) in [7, 11) is -2.51. The molecule has 1 aromatic carbocycles. The van der Waals surface area contributed by atoms with E-state index >= 15 is 0 Å². The highest BCUT2D eigenvalue weighted by Crippen LogP contribution is 2.41. The maximum absolute atomic E-state index is 13.5. The number of alkyl halides is 3. The number of halogens is 4. The fourth-order valence-electron chi connectivity index (χ4n) is 2.60. The first-order valence-corrected chi connectivity index (χ1v) is 9.84. The third-order valence-corrected chi connectivity index (χ3v) is 10.1. The Hall–Kier alpha value is -0.743. The molecule has 20 heavy (non-hydrogen) atoms. The monoisotopic (exact) mass is 320 g/mol. The fraction of sp³-hybridized carbons (Fsp3) is 0.467. The van der Waals surface area contributed by atoms with Gasteiger partial charge in [0, 0.05) is 10.2 Å². The standard InChI is InChI=1S/C15H20ClF3Si/c1-4-20(5-2,6-3)14(15(17,18)19)11-12-9-7-8-10-13(12)16/h7-11H,4-6H2,1-3H3/b14-11+. The molecule has 0 aromatic heterocycles. The Labute approximate surface area is 124 Å². The molecule has 0 heterocycles. The van der Waals surface area contributed by atoms with Gasteiger partial charge < -0.3 is 0 Å². The van der Waals surface area contributed by atoms with Gasteiger partial charge in [0.25, 0.3) is 0 Å². The van der Waals surface area contributed by atoms with Crippen LogP contribution in [0.5, 0.6) is 0 Å². The van der Waals surface area contributed by atoms with E-state index in [0.717, 1.165) is 0 Å². The van der Waals surface area contributed by atoms with Crippen LogP contribution in [0.25, 0.3) is 6.08 Å². The van der Waals surface area contributed by atoms with Crippen LogP contribution in [-0.4, -0.2) is 14.3 Å². The van der Waals surface area contributed by atoms with Gasteiger partial charge in [-0.1, -0.05) is 68.7 Å². The molecule has 0 unspecified atom stereocenters. The number of benzene rings is 1. The van der Waals surface area contributed by atoms with Crippen molar-refractivity contribution in [3.05, 3.63) is 40.0 Å². The van der Waals surface area contributed by atoms with E-state index in [9.17, 15) is 13.2 Å². The van der Waals surface area contributed by atoms with E-state index in [-0.39, 0.29) is 5.20 Å². The zero-order valence-electron chi connectivity index (χ0n) is 12.0. The first kappa shape index (κ1) is 17.3. The van der Waals surface area contributed by atoms with Crippen molar-refractivity contribution in [3.8, 4) is 0 Å². The maximum Gasteiger partial charge on any atom is 0.409 e. The summed E-state index contributed by atoms with van der Waals surface area (Å²) in [4.78, 5) is 0. The third kappa shape index (κ3) is 3.67. The van der Waals surface area contributed by atoms with Crippen LogP contribution in [0, 0.1) is 0 Å². The van der Waals surface area contributed by atoms with Crippen molar-refractivity contribution in [3.63, 3.8) is 0 Å². The van der Waals surface area contributed by atoms with Crippen molar-refractivity contribution < 1.29 is 13.2 Å². The van der Waals surface area contributed by atoms with Crippen LogP contribution < -0.4 is 0 Å².